The zero-order valence-corrected chi connectivity index (χ0v) is 18.2. The van der Waals surface area contributed by atoms with Crippen LogP contribution in [0.1, 0.15) is 33.6 Å². The lowest BCUT2D eigenvalue weighted by atomic mass is 10.1. The molecule has 0 N–H and O–H groups in total. The third kappa shape index (κ3) is 4.01. The molecule has 1 aromatic carbocycles. The summed E-state index contributed by atoms with van der Waals surface area (Å²) in [5, 5.41) is 17.0. The minimum absolute atomic E-state index is 0.110. The second-order valence-electron chi connectivity index (χ2n) is 9.05. The van der Waals surface area contributed by atoms with Gasteiger partial charge in [0.15, 0.2) is 8.32 Å². The third-order valence-corrected chi connectivity index (χ3v) is 10.4. The summed E-state index contributed by atoms with van der Waals surface area (Å²) in [6, 6.07) is 3.48. The summed E-state index contributed by atoms with van der Waals surface area (Å²) in [6.07, 6.45) is 3.89. The molecule has 1 aromatic heterocycles. The summed E-state index contributed by atoms with van der Waals surface area (Å²) < 4.78 is 8.29. The van der Waals surface area contributed by atoms with E-state index in [9.17, 15) is 10.1 Å². The van der Waals surface area contributed by atoms with Crippen molar-refractivity contribution >= 4 is 30.6 Å². The molecule has 0 saturated carbocycles. The van der Waals surface area contributed by atoms with E-state index >= 15 is 0 Å². The molecule has 8 heteroatoms. The molecule has 1 aliphatic heterocycles. The fraction of sp³-hybridized carbons (Fsp3) is 0.632. The number of anilines is 1. The smallest absolute Gasteiger partial charge is 0.293 e. The summed E-state index contributed by atoms with van der Waals surface area (Å²) in [5.41, 5.74) is 1.57. The largest absolute Gasteiger partial charge is 0.412 e. The van der Waals surface area contributed by atoms with Crippen molar-refractivity contribution in [3.63, 3.8) is 0 Å². The molecule has 0 bridgehead atoms. The molecule has 1 aliphatic rings. The number of nitro groups is 1. The number of hydrogen-bond donors (Lipinski definition) is 0. The Bertz CT molecular complexity index is 856. The highest BCUT2D eigenvalue weighted by Gasteiger charge is 2.40. The number of hydrogen-bond acceptors (Lipinski definition) is 5. The molecule has 2 heterocycles. The van der Waals surface area contributed by atoms with Gasteiger partial charge in [-0.05, 0) is 37.0 Å². The Morgan fingerprint density at radius 2 is 2.04 bits per heavy atom. The summed E-state index contributed by atoms with van der Waals surface area (Å²) in [4.78, 5) is 13.5. The maximum atomic E-state index is 11.7. The Hall–Kier alpha value is -1.93. The highest BCUT2D eigenvalue weighted by atomic mass is 28.4. The first-order valence-electron chi connectivity index (χ1n) is 9.52. The molecule has 1 atom stereocenters. The average Bonchev–Trinajstić information content (AvgIpc) is 2.91. The van der Waals surface area contributed by atoms with Crippen LogP contribution in [0.5, 0.6) is 0 Å². The third-order valence-electron chi connectivity index (χ3n) is 5.90. The van der Waals surface area contributed by atoms with Crippen molar-refractivity contribution < 1.29 is 9.35 Å². The van der Waals surface area contributed by atoms with Crippen molar-refractivity contribution in [3.8, 4) is 0 Å². The van der Waals surface area contributed by atoms with E-state index in [4.69, 9.17) is 4.43 Å². The Balaban J connectivity index is 1.89. The van der Waals surface area contributed by atoms with Crippen molar-refractivity contribution in [3.05, 3.63) is 28.4 Å². The van der Waals surface area contributed by atoms with E-state index in [0.717, 1.165) is 30.3 Å². The van der Waals surface area contributed by atoms with Gasteiger partial charge in [-0.15, -0.1) is 0 Å². The number of fused-ring (bicyclic) bond motifs is 1. The number of rotatable bonds is 4. The first kappa shape index (κ1) is 19.8. The first-order chi connectivity index (χ1) is 12.5. The Morgan fingerprint density at radius 3 is 2.67 bits per heavy atom. The summed E-state index contributed by atoms with van der Waals surface area (Å²) >= 11 is 0. The van der Waals surface area contributed by atoms with Gasteiger partial charge in [-0.3, -0.25) is 14.8 Å². The Morgan fingerprint density at radius 1 is 1.33 bits per heavy atom. The van der Waals surface area contributed by atoms with Crippen LogP contribution in [-0.4, -0.2) is 42.2 Å². The van der Waals surface area contributed by atoms with Crippen LogP contribution in [0.25, 0.3) is 10.9 Å². The minimum Gasteiger partial charge on any atom is -0.412 e. The van der Waals surface area contributed by atoms with E-state index in [-0.39, 0.29) is 21.8 Å². The first-order valence-corrected chi connectivity index (χ1v) is 12.4. The van der Waals surface area contributed by atoms with Gasteiger partial charge in [-0.25, -0.2) is 0 Å². The van der Waals surface area contributed by atoms with Crippen LogP contribution in [-0.2, 0) is 11.5 Å². The minimum atomic E-state index is -1.87. The van der Waals surface area contributed by atoms with Gasteiger partial charge in [-0.1, -0.05) is 20.8 Å². The topological polar surface area (TPSA) is 73.4 Å². The molecular weight excluding hydrogens is 360 g/mol. The maximum Gasteiger partial charge on any atom is 0.293 e. The van der Waals surface area contributed by atoms with E-state index in [1.807, 2.05) is 19.3 Å². The summed E-state index contributed by atoms with van der Waals surface area (Å²) in [5.74, 6) is 0. The van der Waals surface area contributed by atoms with E-state index in [2.05, 4.69) is 43.9 Å². The second-order valence-corrected chi connectivity index (χ2v) is 13.8. The van der Waals surface area contributed by atoms with Crippen molar-refractivity contribution in [2.75, 3.05) is 18.0 Å². The number of nitrogens with zero attached hydrogens (tertiary/aromatic N) is 4. The van der Waals surface area contributed by atoms with Crippen LogP contribution in [0.15, 0.2) is 18.3 Å². The summed E-state index contributed by atoms with van der Waals surface area (Å²) in [7, 11) is -0.0460. The van der Waals surface area contributed by atoms with Crippen molar-refractivity contribution in [1.29, 1.82) is 0 Å². The lowest BCUT2D eigenvalue weighted by Gasteiger charge is -2.42. The van der Waals surface area contributed by atoms with Gasteiger partial charge < -0.3 is 9.33 Å². The van der Waals surface area contributed by atoms with Gasteiger partial charge >= 0.3 is 0 Å². The van der Waals surface area contributed by atoms with Crippen molar-refractivity contribution in [2.24, 2.45) is 7.05 Å². The number of aromatic nitrogens is 2. The van der Waals surface area contributed by atoms with Crippen molar-refractivity contribution in [1.82, 2.24) is 9.78 Å². The average molecular weight is 391 g/mol. The normalized spacial score (nSPS) is 18.9. The molecule has 0 spiro atoms. The van der Waals surface area contributed by atoms with Crippen LogP contribution in [0.2, 0.25) is 18.1 Å². The molecule has 1 fully saturated rings. The van der Waals surface area contributed by atoms with Crippen LogP contribution in [0, 0.1) is 10.1 Å². The van der Waals surface area contributed by atoms with Crippen LogP contribution in [0.3, 0.4) is 0 Å². The molecule has 0 unspecified atom stereocenters. The standard InChI is InChI=1S/C19H30N4O3Si/c1-19(2,3)27(5,6)26-15-8-7-9-22(13-15)17-11-16-14(12-21(4)20-16)10-18(17)23(24)25/h10-12,15H,7-9,13H2,1-6H3/t15-/m1/s1. The fourth-order valence-corrected chi connectivity index (χ4v) is 4.80. The van der Waals surface area contributed by atoms with Gasteiger partial charge in [0.2, 0.25) is 0 Å². The SMILES string of the molecule is Cn1cc2cc([N+](=O)[O-])c(N3CCC[C@@H](O[Si](C)(C)C(C)(C)C)C3)cc2n1. The molecule has 27 heavy (non-hydrogen) atoms. The zero-order chi connectivity index (χ0) is 20.0. The van der Waals surface area contributed by atoms with Gasteiger partial charge in [0.1, 0.15) is 5.69 Å². The highest BCUT2D eigenvalue weighted by Crippen LogP contribution is 2.39. The summed E-state index contributed by atoms with van der Waals surface area (Å²) in [6.45, 7) is 12.7. The van der Waals surface area contributed by atoms with Crippen LogP contribution >= 0.6 is 0 Å². The van der Waals surface area contributed by atoms with Gasteiger partial charge in [-0.2, -0.15) is 5.10 Å². The quantitative estimate of drug-likeness (QED) is 0.437. The van der Waals surface area contributed by atoms with Crippen LogP contribution in [0.4, 0.5) is 11.4 Å². The monoisotopic (exact) mass is 390 g/mol. The van der Waals surface area contributed by atoms with Gasteiger partial charge in [0.05, 0.1) is 16.5 Å². The van der Waals surface area contributed by atoms with Gasteiger partial charge in [0.25, 0.3) is 5.69 Å². The highest BCUT2D eigenvalue weighted by molar-refractivity contribution is 6.74. The Labute approximate surface area is 161 Å². The fourth-order valence-electron chi connectivity index (χ4n) is 3.42. The number of nitro benzene ring substituents is 1. The van der Waals surface area contributed by atoms with Gasteiger partial charge in [0, 0.05) is 37.8 Å². The predicted molar refractivity (Wildman–Crippen MR) is 111 cm³/mol. The lowest BCUT2D eigenvalue weighted by Crippen LogP contribution is -2.49. The van der Waals surface area contributed by atoms with E-state index < -0.39 is 8.32 Å². The van der Waals surface area contributed by atoms with E-state index in [1.165, 1.54) is 0 Å². The maximum absolute atomic E-state index is 11.7. The Kier molecular flexibility index (Phi) is 5.07. The molecule has 1 saturated heterocycles. The molecule has 0 radical (unpaired) electrons. The molecule has 7 nitrogen and oxygen atoms in total. The number of piperidine rings is 1. The molecule has 2 aromatic rings. The molecule has 148 valence electrons. The molecular formula is C19H30N4O3Si. The predicted octanol–water partition coefficient (Wildman–Crippen LogP) is 4.47. The molecule has 3 rings (SSSR count). The van der Waals surface area contributed by atoms with Crippen LogP contribution < -0.4 is 4.90 Å². The van der Waals surface area contributed by atoms with Crippen molar-refractivity contribution in [2.45, 2.75) is 57.8 Å². The second kappa shape index (κ2) is 6.90. The van der Waals surface area contributed by atoms with E-state index in [1.54, 1.807) is 10.7 Å². The number of aryl methyl sites for hydroxylation is 1. The zero-order valence-electron chi connectivity index (χ0n) is 17.2. The van der Waals surface area contributed by atoms with E-state index in [0.29, 0.717) is 12.2 Å². The lowest BCUT2D eigenvalue weighted by molar-refractivity contribution is -0.384. The molecule has 0 aliphatic carbocycles. The molecule has 0 amide bonds. The number of benzene rings is 1.